The average molecular weight is 837 g/mol. The number of hydrogen-bond donors (Lipinski definition) is 0. The van der Waals surface area contributed by atoms with Crippen LogP contribution in [0.25, 0.3) is 88.7 Å². The fourth-order valence-electron chi connectivity index (χ4n) is 7.59. The van der Waals surface area contributed by atoms with E-state index in [-0.39, 0.29) is 21.1 Å². The Morgan fingerprint density at radius 2 is 1.39 bits per heavy atom. The van der Waals surface area contributed by atoms with Crippen LogP contribution < -0.4 is 4.98 Å². The van der Waals surface area contributed by atoms with Crippen LogP contribution >= 0.6 is 0 Å². The molecule has 10 aromatic rings. The summed E-state index contributed by atoms with van der Waals surface area (Å²) >= 11 is 0. The van der Waals surface area contributed by atoms with Gasteiger partial charge in [0.05, 0.1) is 11.0 Å². The molecule has 0 unspecified atom stereocenters. The molecule has 0 spiro atoms. The molecule has 0 N–H and O–H groups in total. The smallest absolute Gasteiger partial charge is 0.656 e. The Kier molecular flexibility index (Phi) is 7.31. The molecule has 0 bridgehead atoms. The molecule has 6 heteroatoms. The third kappa shape index (κ3) is 4.80. The summed E-state index contributed by atoms with van der Waals surface area (Å²) < 4.78 is 4.53. The molecule has 6 aromatic carbocycles. The Morgan fingerprint density at radius 3 is 2.25 bits per heavy atom. The molecular formula is C45H31N5Pt. The largest absolute Gasteiger partial charge is 2.00 e. The summed E-state index contributed by atoms with van der Waals surface area (Å²) in [5.41, 5.74) is 13.8. The quantitative estimate of drug-likeness (QED) is 0.166. The van der Waals surface area contributed by atoms with Crippen molar-refractivity contribution in [3.63, 3.8) is 0 Å². The molecule has 10 rings (SSSR count). The number of benzene rings is 6. The van der Waals surface area contributed by atoms with Crippen LogP contribution in [0.1, 0.15) is 16.7 Å². The summed E-state index contributed by atoms with van der Waals surface area (Å²) in [6.07, 6.45) is 1.85. The standard InChI is InChI=1S/C45H31N5.Pt/c1-27-11-8-12-31(23-27)49-39-18-10-14-32(44(39)48-45(49)36-16-9-15-35-33-13-4-5-17-38(33)47-43(35)36)30-20-21-34-37-24-28(2)29(3)25-40(37)50(41(34)26-30)42-19-6-7-22-46-42;/h4-25H,1-3H3;/q-2;+2. The van der Waals surface area contributed by atoms with E-state index in [2.05, 4.69) is 145 Å². The van der Waals surface area contributed by atoms with Gasteiger partial charge in [0, 0.05) is 23.0 Å². The number of pyridine rings is 1. The molecule has 0 saturated carbocycles. The van der Waals surface area contributed by atoms with Gasteiger partial charge in [0.25, 0.3) is 0 Å². The van der Waals surface area contributed by atoms with Crippen LogP contribution in [0.3, 0.4) is 0 Å². The number of rotatable bonds is 4. The van der Waals surface area contributed by atoms with Crippen molar-refractivity contribution in [3.05, 3.63) is 156 Å². The monoisotopic (exact) mass is 836 g/mol. The zero-order valence-electron chi connectivity index (χ0n) is 28.3. The first kappa shape index (κ1) is 31.2. The Labute approximate surface area is 309 Å². The second-order valence-corrected chi connectivity index (χ2v) is 13.2. The third-order valence-electron chi connectivity index (χ3n) is 10.1. The molecule has 4 aromatic heterocycles. The van der Waals surface area contributed by atoms with Gasteiger partial charge in [-0.15, -0.1) is 34.8 Å². The van der Waals surface area contributed by atoms with E-state index in [0.29, 0.717) is 0 Å². The molecule has 51 heavy (non-hydrogen) atoms. The van der Waals surface area contributed by atoms with E-state index in [9.17, 15) is 0 Å². The van der Waals surface area contributed by atoms with Crippen molar-refractivity contribution in [1.29, 1.82) is 0 Å². The molecule has 0 aliphatic carbocycles. The summed E-state index contributed by atoms with van der Waals surface area (Å²) in [5, 5.41) is 4.63. The Bertz CT molecular complexity index is 2960. The molecule has 0 radical (unpaired) electrons. The predicted molar refractivity (Wildman–Crippen MR) is 205 cm³/mol. The number of para-hydroxylation sites is 3. The molecule has 0 amide bonds. The van der Waals surface area contributed by atoms with E-state index in [1.807, 2.05) is 24.4 Å². The van der Waals surface area contributed by atoms with E-state index in [4.69, 9.17) is 15.0 Å². The van der Waals surface area contributed by atoms with E-state index in [1.54, 1.807) is 0 Å². The molecule has 0 aliphatic rings. The average Bonchev–Trinajstić information content (AvgIpc) is 3.81. The summed E-state index contributed by atoms with van der Waals surface area (Å²) in [6, 6.07) is 48.8. The first-order chi connectivity index (χ1) is 24.5. The van der Waals surface area contributed by atoms with E-state index < -0.39 is 0 Å². The summed E-state index contributed by atoms with van der Waals surface area (Å²) in [4.78, 5) is 15.4. The van der Waals surface area contributed by atoms with Crippen molar-refractivity contribution in [2.45, 2.75) is 20.8 Å². The van der Waals surface area contributed by atoms with Gasteiger partial charge >= 0.3 is 21.1 Å². The SMILES string of the molecule is Cc1cccc(-n2c(-c3cccc4c3[n-]c3ccccc34)nc3c(-c4[c-]c5c(cc4)c4cc(C)c(C)cc4n5-c4ccccn4)cccc32)c1.[Pt+2]. The zero-order chi connectivity index (χ0) is 33.5. The maximum atomic E-state index is 5.50. The van der Waals surface area contributed by atoms with Gasteiger partial charge < -0.3 is 9.55 Å². The van der Waals surface area contributed by atoms with Gasteiger partial charge in [-0.25, -0.2) is 9.97 Å². The van der Waals surface area contributed by atoms with E-state index in [0.717, 1.165) is 83.3 Å². The molecule has 0 fully saturated rings. The first-order valence-electron chi connectivity index (χ1n) is 17.0. The second kappa shape index (κ2) is 11.9. The zero-order valence-corrected chi connectivity index (χ0v) is 30.5. The maximum Gasteiger partial charge on any atom is 2.00 e. The molecular weight excluding hydrogens is 806 g/mol. The number of nitrogens with zero attached hydrogens (tertiary/aromatic N) is 5. The molecule has 0 aliphatic heterocycles. The number of fused-ring (bicyclic) bond motifs is 7. The van der Waals surface area contributed by atoms with Gasteiger partial charge in [-0.2, -0.15) is 0 Å². The van der Waals surface area contributed by atoms with Crippen molar-refractivity contribution >= 4 is 54.6 Å². The van der Waals surface area contributed by atoms with Gasteiger partial charge in [-0.1, -0.05) is 89.8 Å². The topological polar surface area (TPSA) is 49.7 Å². The van der Waals surface area contributed by atoms with E-state index in [1.165, 1.54) is 22.1 Å². The number of aromatic nitrogens is 5. The Balaban J connectivity index is 0.00000348. The van der Waals surface area contributed by atoms with Gasteiger partial charge in [0.1, 0.15) is 11.6 Å². The van der Waals surface area contributed by atoms with Crippen molar-refractivity contribution in [3.8, 4) is 34.0 Å². The van der Waals surface area contributed by atoms with Gasteiger partial charge in [-0.05, 0) is 95.5 Å². The van der Waals surface area contributed by atoms with Crippen LogP contribution in [0.4, 0.5) is 0 Å². The fourth-order valence-corrected chi connectivity index (χ4v) is 7.59. The van der Waals surface area contributed by atoms with Gasteiger partial charge in [-0.3, -0.25) is 4.57 Å². The molecule has 246 valence electrons. The Morgan fingerprint density at radius 1 is 0.608 bits per heavy atom. The number of aryl methyl sites for hydroxylation is 3. The molecule has 0 saturated heterocycles. The van der Waals surface area contributed by atoms with Crippen LogP contribution in [-0.2, 0) is 21.1 Å². The number of hydrogen-bond acceptors (Lipinski definition) is 2. The predicted octanol–water partition coefficient (Wildman–Crippen LogP) is 10.8. The molecule has 5 nitrogen and oxygen atoms in total. The molecule has 0 atom stereocenters. The molecule has 4 heterocycles. The van der Waals surface area contributed by atoms with Crippen molar-refractivity contribution < 1.29 is 21.1 Å². The summed E-state index contributed by atoms with van der Waals surface area (Å²) in [5.74, 6) is 1.73. The fraction of sp³-hybridized carbons (Fsp3) is 0.0667. The first-order valence-corrected chi connectivity index (χ1v) is 17.0. The van der Waals surface area contributed by atoms with Gasteiger partial charge in [0.15, 0.2) is 0 Å². The minimum Gasteiger partial charge on any atom is -0.656 e. The third-order valence-corrected chi connectivity index (χ3v) is 10.1. The van der Waals surface area contributed by atoms with Crippen LogP contribution in [0.15, 0.2) is 134 Å². The second-order valence-electron chi connectivity index (χ2n) is 13.2. The van der Waals surface area contributed by atoms with E-state index >= 15 is 0 Å². The van der Waals surface area contributed by atoms with Crippen LogP contribution in [-0.4, -0.2) is 19.1 Å². The van der Waals surface area contributed by atoms with Crippen LogP contribution in [0.2, 0.25) is 0 Å². The van der Waals surface area contributed by atoms with Crippen molar-refractivity contribution in [2.24, 2.45) is 0 Å². The van der Waals surface area contributed by atoms with Gasteiger partial charge in [0.2, 0.25) is 0 Å². The summed E-state index contributed by atoms with van der Waals surface area (Å²) in [7, 11) is 0. The normalized spacial score (nSPS) is 11.7. The van der Waals surface area contributed by atoms with Crippen molar-refractivity contribution in [2.75, 3.05) is 0 Å². The van der Waals surface area contributed by atoms with Crippen molar-refractivity contribution in [1.82, 2.24) is 24.1 Å². The van der Waals surface area contributed by atoms with Crippen LogP contribution in [0, 0.1) is 26.8 Å². The van der Waals surface area contributed by atoms with Crippen LogP contribution in [0.5, 0.6) is 0 Å². The maximum absolute atomic E-state index is 5.50. The summed E-state index contributed by atoms with van der Waals surface area (Å²) in [6.45, 7) is 6.47. The minimum absolute atomic E-state index is 0. The minimum atomic E-state index is 0. The Hall–Kier alpha value is -5.77. The number of imidazole rings is 1.